The minimum Gasteiger partial charge on any atom is -0.388 e. The molecule has 0 bridgehead atoms. The van der Waals surface area contributed by atoms with Crippen LogP contribution in [0.2, 0.25) is 0 Å². The highest BCUT2D eigenvalue weighted by atomic mass is 32.2. The van der Waals surface area contributed by atoms with E-state index in [0.717, 1.165) is 16.8 Å². The average Bonchev–Trinajstić information content (AvgIpc) is 3.54. The van der Waals surface area contributed by atoms with Crippen molar-refractivity contribution in [3.63, 3.8) is 0 Å². The van der Waals surface area contributed by atoms with E-state index in [1.165, 1.54) is 17.4 Å². The Morgan fingerprint density at radius 2 is 1.70 bits per heavy atom. The number of sulfone groups is 1. The first-order chi connectivity index (χ1) is 22.2. The van der Waals surface area contributed by atoms with Crippen molar-refractivity contribution in [1.82, 2.24) is 19.9 Å². The number of rotatable bonds is 9. The monoisotopic (exact) mass is 688 g/mol. The topological polar surface area (TPSA) is 150 Å². The molecule has 1 aliphatic carbocycles. The number of hydrogen-bond donors (Lipinski definition) is 4. The molecule has 3 heterocycles. The lowest BCUT2D eigenvalue weighted by atomic mass is 10.0. The van der Waals surface area contributed by atoms with Crippen LogP contribution in [0.25, 0.3) is 20.8 Å². The maximum absolute atomic E-state index is 14.3. The molecule has 3 aromatic heterocycles. The largest absolute Gasteiger partial charge is 0.388 e. The van der Waals surface area contributed by atoms with Crippen LogP contribution in [-0.2, 0) is 16.4 Å². The summed E-state index contributed by atoms with van der Waals surface area (Å²) in [5.41, 5.74) is -0.309. The number of nitrogens with zero attached hydrogens (tertiary/aromatic N) is 4. The molecule has 0 amide bonds. The van der Waals surface area contributed by atoms with Gasteiger partial charge in [0.15, 0.2) is 15.6 Å². The van der Waals surface area contributed by atoms with Crippen LogP contribution < -0.4 is 10.6 Å². The molecule has 0 saturated heterocycles. The fourth-order valence-electron chi connectivity index (χ4n) is 5.66. The molecule has 5 aromatic rings. The lowest BCUT2D eigenvalue weighted by Crippen LogP contribution is -2.48. The molecule has 0 aliphatic heterocycles. The number of aliphatic hydroxyl groups excluding tert-OH is 1. The molecule has 10 nitrogen and oxygen atoms in total. The van der Waals surface area contributed by atoms with Crippen molar-refractivity contribution in [2.45, 2.75) is 50.0 Å². The molecular weight excluding hydrogens is 661 g/mol. The molecule has 0 spiro atoms. The average molecular weight is 689 g/mol. The maximum atomic E-state index is 14.3. The first-order valence-corrected chi connectivity index (χ1v) is 16.9. The predicted molar refractivity (Wildman–Crippen MR) is 167 cm³/mol. The van der Waals surface area contributed by atoms with Gasteiger partial charge in [0.2, 0.25) is 5.95 Å². The van der Waals surface area contributed by atoms with Crippen molar-refractivity contribution in [1.29, 1.82) is 0 Å². The quantitative estimate of drug-likeness (QED) is 0.119. The van der Waals surface area contributed by atoms with Crippen LogP contribution in [0.15, 0.2) is 53.6 Å². The normalized spacial score (nSPS) is 19.7. The van der Waals surface area contributed by atoms with E-state index in [2.05, 4.69) is 25.6 Å². The molecule has 1 saturated carbocycles. The third-order valence-corrected chi connectivity index (χ3v) is 10.9. The summed E-state index contributed by atoms with van der Waals surface area (Å²) in [6.45, 7) is 3.14. The Bertz CT molecular complexity index is 2080. The zero-order valence-electron chi connectivity index (χ0n) is 24.9. The molecule has 6 rings (SSSR count). The summed E-state index contributed by atoms with van der Waals surface area (Å²) >= 11 is 1.30. The lowest BCUT2D eigenvalue weighted by Gasteiger charge is -2.31. The Balaban J connectivity index is 1.34. The molecular formula is C31H28F4N6O4S2. The van der Waals surface area contributed by atoms with Crippen LogP contribution in [0.4, 0.5) is 29.3 Å². The number of thiazole rings is 1. The molecule has 3 unspecified atom stereocenters. The van der Waals surface area contributed by atoms with Crippen LogP contribution in [0.1, 0.15) is 29.8 Å². The zero-order valence-corrected chi connectivity index (χ0v) is 26.6. The fraction of sp³-hybridized carbons (Fsp3) is 0.290. The molecule has 47 heavy (non-hydrogen) atoms. The fourth-order valence-corrected chi connectivity index (χ4v) is 8.46. The Morgan fingerprint density at radius 3 is 2.38 bits per heavy atom. The maximum Gasteiger partial charge on any atom is 0.225 e. The van der Waals surface area contributed by atoms with Crippen molar-refractivity contribution in [3.05, 3.63) is 88.9 Å². The van der Waals surface area contributed by atoms with Crippen molar-refractivity contribution in [3.8, 4) is 10.6 Å². The summed E-state index contributed by atoms with van der Waals surface area (Å²) in [4.78, 5) is 17.4. The van der Waals surface area contributed by atoms with Gasteiger partial charge >= 0.3 is 0 Å². The number of aromatic nitrogens is 4. The van der Waals surface area contributed by atoms with Crippen molar-refractivity contribution in [2.24, 2.45) is 5.92 Å². The number of benzene rings is 2. The van der Waals surface area contributed by atoms with Crippen LogP contribution in [0, 0.1) is 43.0 Å². The molecule has 0 radical (unpaired) electrons. The van der Waals surface area contributed by atoms with Crippen molar-refractivity contribution in [2.75, 3.05) is 16.4 Å². The minimum absolute atomic E-state index is 0.0101. The Morgan fingerprint density at radius 1 is 1.00 bits per heavy atom. The van der Waals surface area contributed by atoms with Gasteiger partial charge in [-0.15, -0.1) is 11.3 Å². The Kier molecular flexibility index (Phi) is 8.63. The number of anilines is 2. The molecule has 16 heteroatoms. The molecule has 3 atom stereocenters. The summed E-state index contributed by atoms with van der Waals surface area (Å²) in [5.74, 6) is -5.43. The number of fused-ring (bicyclic) bond motifs is 1. The van der Waals surface area contributed by atoms with Gasteiger partial charge in [-0.25, -0.2) is 35.9 Å². The Hall–Kier alpha value is -4.25. The highest BCUT2D eigenvalue weighted by Gasteiger charge is 2.49. The van der Waals surface area contributed by atoms with E-state index in [4.69, 9.17) is 4.98 Å². The first kappa shape index (κ1) is 32.7. The second-order valence-electron chi connectivity index (χ2n) is 11.4. The van der Waals surface area contributed by atoms with E-state index >= 15 is 0 Å². The van der Waals surface area contributed by atoms with Crippen molar-refractivity contribution >= 4 is 43.2 Å². The summed E-state index contributed by atoms with van der Waals surface area (Å²) in [6, 6.07) is 7.19. The van der Waals surface area contributed by atoms with Gasteiger partial charge in [0.1, 0.15) is 45.7 Å². The van der Waals surface area contributed by atoms with Crippen LogP contribution in [0.3, 0.4) is 0 Å². The summed E-state index contributed by atoms with van der Waals surface area (Å²) in [7, 11) is -4.26. The van der Waals surface area contributed by atoms with E-state index in [1.54, 1.807) is 26.1 Å². The van der Waals surface area contributed by atoms with Crippen LogP contribution >= 0.6 is 11.3 Å². The lowest BCUT2D eigenvalue weighted by molar-refractivity contribution is -0.0442. The first-order valence-electron chi connectivity index (χ1n) is 14.4. The standard InChI is InChI=1S/C31H28F4N6O4S2/c1-15-25(29-39-26-16(2)36-9-7-24(26)46-29)28(40-30(38-15)37-13-21-22(34)4-3-5-23(21)35)41-31(43)8-6-17(27(31)42)14-47(44,45)20-11-18(32)10-19(33)12-20/h3-5,7,9-12,17,27,42-43H,6,8,13-14H2,1-2H3,(H2,37,38,40,41). The summed E-state index contributed by atoms with van der Waals surface area (Å²) in [6.07, 6.45) is -0.115. The smallest absolute Gasteiger partial charge is 0.225 e. The SMILES string of the molecule is Cc1nc(NCc2c(F)cccc2F)nc(NC2(O)CCC(CS(=O)(=O)c3cc(F)cc(F)c3)C2O)c1-c1nc2c(C)nccc2s1. The van der Waals surface area contributed by atoms with Gasteiger partial charge in [0, 0.05) is 30.3 Å². The predicted octanol–water partition coefficient (Wildman–Crippen LogP) is 5.28. The minimum atomic E-state index is -4.26. The molecule has 246 valence electrons. The highest BCUT2D eigenvalue weighted by Crippen LogP contribution is 2.42. The number of halogens is 4. The number of hydrogen-bond acceptors (Lipinski definition) is 11. The van der Waals surface area contributed by atoms with Gasteiger partial charge < -0.3 is 20.8 Å². The van der Waals surface area contributed by atoms with E-state index in [0.29, 0.717) is 45.7 Å². The van der Waals surface area contributed by atoms with Gasteiger partial charge in [-0.05, 0) is 57.0 Å². The van der Waals surface area contributed by atoms with Crippen LogP contribution in [-0.4, -0.2) is 56.1 Å². The molecule has 1 aliphatic rings. The van der Waals surface area contributed by atoms with E-state index in [1.807, 2.05) is 0 Å². The second kappa shape index (κ2) is 12.4. The van der Waals surface area contributed by atoms with Gasteiger partial charge in [-0.3, -0.25) is 4.98 Å². The highest BCUT2D eigenvalue weighted by molar-refractivity contribution is 7.91. The van der Waals surface area contributed by atoms with Gasteiger partial charge in [-0.1, -0.05) is 6.07 Å². The van der Waals surface area contributed by atoms with Crippen molar-refractivity contribution < 1.29 is 36.2 Å². The van der Waals surface area contributed by atoms with Gasteiger partial charge in [0.05, 0.1) is 32.3 Å². The van der Waals surface area contributed by atoms with Gasteiger partial charge in [0.25, 0.3) is 0 Å². The number of pyridine rings is 1. The van der Waals surface area contributed by atoms with Crippen LogP contribution in [0.5, 0.6) is 0 Å². The third-order valence-electron chi connectivity index (χ3n) is 8.07. The third kappa shape index (κ3) is 6.50. The summed E-state index contributed by atoms with van der Waals surface area (Å²) in [5, 5.41) is 29.1. The number of nitrogens with one attached hydrogen (secondary N) is 2. The second-order valence-corrected chi connectivity index (χ2v) is 14.4. The number of aryl methyl sites for hydroxylation is 2. The molecule has 4 N–H and O–H groups in total. The van der Waals surface area contributed by atoms with E-state index in [-0.39, 0.29) is 36.7 Å². The van der Waals surface area contributed by atoms with E-state index in [9.17, 15) is 36.2 Å². The number of aliphatic hydroxyl groups is 2. The zero-order chi connectivity index (χ0) is 33.7. The summed E-state index contributed by atoms with van der Waals surface area (Å²) < 4.78 is 83.1. The molecule has 1 fully saturated rings. The Labute approximate surface area is 270 Å². The molecule has 2 aromatic carbocycles. The van der Waals surface area contributed by atoms with E-state index < -0.39 is 61.5 Å². The van der Waals surface area contributed by atoms with Gasteiger partial charge in [-0.2, -0.15) is 4.98 Å².